The second kappa shape index (κ2) is 9.86. The molecule has 1 aromatic carbocycles. The number of carbonyl (C=O) groups is 2. The molecular weight excluding hydrogens is 370 g/mol. The molecule has 154 valence electrons. The number of hydrogen-bond acceptors (Lipinski definition) is 6. The Balaban J connectivity index is 1.52. The van der Waals surface area contributed by atoms with Crippen LogP contribution in [0.4, 0.5) is 10.6 Å². The molecule has 1 saturated heterocycles. The van der Waals surface area contributed by atoms with Gasteiger partial charge in [0.15, 0.2) is 0 Å². The van der Waals surface area contributed by atoms with Crippen LogP contribution in [0.5, 0.6) is 0 Å². The number of nitrogens with zero attached hydrogens (tertiary/aromatic N) is 3. The molecule has 0 spiro atoms. The van der Waals surface area contributed by atoms with Crippen LogP contribution in [0, 0.1) is 6.92 Å². The van der Waals surface area contributed by atoms with Crippen molar-refractivity contribution in [2.75, 3.05) is 25.0 Å². The number of ether oxygens (including phenoxy) is 1. The molecule has 0 atom stereocenters. The summed E-state index contributed by atoms with van der Waals surface area (Å²) < 4.78 is 5.02. The predicted molar refractivity (Wildman–Crippen MR) is 110 cm³/mol. The molecule has 1 aliphatic rings. The van der Waals surface area contributed by atoms with Crippen LogP contribution >= 0.6 is 0 Å². The predicted octanol–water partition coefficient (Wildman–Crippen LogP) is 2.75. The van der Waals surface area contributed by atoms with E-state index in [0.29, 0.717) is 50.6 Å². The van der Waals surface area contributed by atoms with Crippen LogP contribution in [0.25, 0.3) is 0 Å². The molecule has 1 aromatic heterocycles. The van der Waals surface area contributed by atoms with Gasteiger partial charge >= 0.3 is 6.09 Å². The molecule has 2 heterocycles. The number of nitrogens with one attached hydrogen (secondary N) is 2. The van der Waals surface area contributed by atoms with Gasteiger partial charge in [-0.2, -0.15) is 0 Å². The minimum absolute atomic E-state index is 0.00604. The van der Waals surface area contributed by atoms with Crippen molar-refractivity contribution in [3.63, 3.8) is 0 Å². The maximum Gasteiger partial charge on any atom is 0.409 e. The van der Waals surface area contributed by atoms with Gasteiger partial charge in [0.05, 0.1) is 6.61 Å². The first-order valence-corrected chi connectivity index (χ1v) is 9.89. The lowest BCUT2D eigenvalue weighted by Gasteiger charge is -2.31. The van der Waals surface area contributed by atoms with Crippen LogP contribution in [0.2, 0.25) is 0 Å². The van der Waals surface area contributed by atoms with Crippen LogP contribution in [0.15, 0.2) is 36.7 Å². The fourth-order valence-electron chi connectivity index (χ4n) is 3.25. The molecule has 29 heavy (non-hydrogen) atoms. The summed E-state index contributed by atoms with van der Waals surface area (Å²) in [7, 11) is 0. The number of carbonyl (C=O) groups excluding carboxylic acids is 2. The highest BCUT2D eigenvalue weighted by Gasteiger charge is 2.25. The summed E-state index contributed by atoms with van der Waals surface area (Å²) in [6, 6.07) is 9.77. The molecule has 1 fully saturated rings. The lowest BCUT2D eigenvalue weighted by molar-refractivity contribution is 0.0856. The first-order chi connectivity index (χ1) is 14.1. The lowest BCUT2D eigenvalue weighted by Crippen LogP contribution is -2.46. The summed E-state index contributed by atoms with van der Waals surface area (Å²) in [6.07, 6.45) is 2.47. The van der Waals surface area contributed by atoms with Crippen LogP contribution in [-0.2, 0) is 11.3 Å². The molecule has 0 aliphatic carbocycles. The van der Waals surface area contributed by atoms with Crippen molar-refractivity contribution in [3.05, 3.63) is 53.5 Å². The van der Waals surface area contributed by atoms with Gasteiger partial charge in [-0.25, -0.2) is 14.8 Å². The molecule has 2 amide bonds. The van der Waals surface area contributed by atoms with Gasteiger partial charge < -0.3 is 20.3 Å². The Hall–Kier alpha value is -3.16. The minimum atomic E-state index is -0.294. The number of hydrogen-bond donors (Lipinski definition) is 2. The van der Waals surface area contributed by atoms with E-state index in [-0.39, 0.29) is 18.0 Å². The van der Waals surface area contributed by atoms with Crippen molar-refractivity contribution in [2.45, 2.75) is 39.3 Å². The highest BCUT2D eigenvalue weighted by atomic mass is 16.6. The molecule has 3 rings (SSSR count). The molecule has 0 bridgehead atoms. The molecule has 1 aliphatic heterocycles. The summed E-state index contributed by atoms with van der Waals surface area (Å²) in [6.45, 7) is 5.97. The van der Waals surface area contributed by atoms with Gasteiger partial charge in [0.1, 0.15) is 17.8 Å². The molecule has 0 saturated carbocycles. The Morgan fingerprint density at radius 1 is 1.21 bits per heavy atom. The van der Waals surface area contributed by atoms with E-state index in [1.165, 1.54) is 17.5 Å². The van der Waals surface area contributed by atoms with Gasteiger partial charge in [-0.15, -0.1) is 0 Å². The van der Waals surface area contributed by atoms with Gasteiger partial charge in [-0.05, 0) is 37.8 Å². The van der Waals surface area contributed by atoms with E-state index < -0.39 is 0 Å². The largest absolute Gasteiger partial charge is 0.450 e. The fourth-order valence-corrected chi connectivity index (χ4v) is 3.25. The van der Waals surface area contributed by atoms with Gasteiger partial charge in [-0.3, -0.25) is 4.79 Å². The van der Waals surface area contributed by atoms with Gasteiger partial charge in [0.25, 0.3) is 5.91 Å². The quantitative estimate of drug-likeness (QED) is 0.778. The van der Waals surface area contributed by atoms with Crippen molar-refractivity contribution in [3.8, 4) is 0 Å². The number of aromatic nitrogens is 2. The Labute approximate surface area is 170 Å². The standard InChI is InChI=1S/C21H27N5O3/c1-3-29-21(28)26-10-8-17(9-11-26)25-20(27)18-12-19(24-14-23-18)22-13-16-7-5-4-6-15(16)2/h4-7,12,14,17H,3,8-11,13H2,1-2H3,(H,25,27)(H,22,23,24). The highest BCUT2D eigenvalue weighted by molar-refractivity contribution is 5.93. The second-order valence-electron chi connectivity index (χ2n) is 7.00. The van der Waals surface area contributed by atoms with Crippen LogP contribution in [0.3, 0.4) is 0 Å². The fraction of sp³-hybridized carbons (Fsp3) is 0.429. The van der Waals surface area contributed by atoms with Crippen molar-refractivity contribution in [2.24, 2.45) is 0 Å². The Morgan fingerprint density at radius 2 is 1.97 bits per heavy atom. The third kappa shape index (κ3) is 5.66. The number of rotatable bonds is 6. The molecule has 2 N–H and O–H groups in total. The van der Waals surface area contributed by atoms with Gasteiger partial charge in [0.2, 0.25) is 0 Å². The number of likely N-dealkylation sites (tertiary alicyclic amines) is 1. The highest BCUT2D eigenvalue weighted by Crippen LogP contribution is 2.14. The van der Waals surface area contributed by atoms with E-state index in [1.807, 2.05) is 12.1 Å². The summed E-state index contributed by atoms with van der Waals surface area (Å²) in [5, 5.41) is 6.24. The Morgan fingerprint density at radius 3 is 2.69 bits per heavy atom. The van der Waals surface area contributed by atoms with Crippen LogP contribution in [-0.4, -0.2) is 52.6 Å². The van der Waals surface area contributed by atoms with Crippen molar-refractivity contribution in [1.29, 1.82) is 0 Å². The summed E-state index contributed by atoms with van der Waals surface area (Å²) in [4.78, 5) is 34.3. The van der Waals surface area contributed by atoms with E-state index >= 15 is 0 Å². The normalized spacial score (nSPS) is 14.3. The first kappa shape index (κ1) is 20.6. The SMILES string of the molecule is CCOC(=O)N1CCC(NC(=O)c2cc(NCc3ccccc3C)ncn2)CC1. The number of benzene rings is 1. The Bertz CT molecular complexity index is 850. The molecule has 8 heteroatoms. The lowest BCUT2D eigenvalue weighted by atomic mass is 10.1. The molecule has 2 aromatic rings. The van der Waals surface area contributed by atoms with Gasteiger partial charge in [0, 0.05) is 31.7 Å². The third-order valence-corrected chi connectivity index (χ3v) is 4.98. The van der Waals surface area contributed by atoms with Crippen molar-refractivity contribution >= 4 is 17.8 Å². The zero-order chi connectivity index (χ0) is 20.6. The second-order valence-corrected chi connectivity index (χ2v) is 7.00. The molecular formula is C21H27N5O3. The van der Waals surface area contributed by atoms with Gasteiger partial charge in [-0.1, -0.05) is 24.3 Å². The topological polar surface area (TPSA) is 96.5 Å². The average Bonchev–Trinajstić information content (AvgIpc) is 2.74. The number of anilines is 1. The van der Waals surface area contributed by atoms with E-state index in [4.69, 9.17) is 4.74 Å². The third-order valence-electron chi connectivity index (χ3n) is 4.98. The maximum absolute atomic E-state index is 12.6. The first-order valence-electron chi connectivity index (χ1n) is 9.89. The van der Waals surface area contributed by atoms with Crippen LogP contribution in [0.1, 0.15) is 41.4 Å². The van der Waals surface area contributed by atoms with E-state index in [0.717, 1.165) is 0 Å². The monoisotopic (exact) mass is 397 g/mol. The summed E-state index contributed by atoms with van der Waals surface area (Å²) in [5.41, 5.74) is 2.69. The molecule has 0 unspecified atom stereocenters. The smallest absolute Gasteiger partial charge is 0.409 e. The zero-order valence-corrected chi connectivity index (χ0v) is 16.9. The summed E-state index contributed by atoms with van der Waals surface area (Å²) >= 11 is 0. The number of piperidine rings is 1. The van der Waals surface area contributed by atoms with E-state index in [1.54, 1.807) is 17.9 Å². The van der Waals surface area contributed by atoms with E-state index in [2.05, 4.69) is 39.7 Å². The van der Waals surface area contributed by atoms with Crippen LogP contribution < -0.4 is 10.6 Å². The van der Waals surface area contributed by atoms with Crippen molar-refractivity contribution < 1.29 is 14.3 Å². The number of aryl methyl sites for hydroxylation is 1. The average molecular weight is 397 g/mol. The van der Waals surface area contributed by atoms with E-state index in [9.17, 15) is 9.59 Å². The zero-order valence-electron chi connectivity index (χ0n) is 16.9. The molecule has 8 nitrogen and oxygen atoms in total. The number of amides is 2. The maximum atomic E-state index is 12.6. The summed E-state index contributed by atoms with van der Waals surface area (Å²) in [5.74, 6) is 0.367. The van der Waals surface area contributed by atoms with Crippen molar-refractivity contribution in [1.82, 2.24) is 20.2 Å². The molecule has 0 radical (unpaired) electrons. The Kier molecular flexibility index (Phi) is 6.99. The minimum Gasteiger partial charge on any atom is -0.450 e.